The van der Waals surface area contributed by atoms with Crippen LogP contribution < -0.4 is 5.32 Å². The number of alkyl halides is 3. The van der Waals surface area contributed by atoms with Crippen LogP contribution in [0.25, 0.3) is 0 Å². The fourth-order valence-corrected chi connectivity index (χ4v) is 3.27. The van der Waals surface area contributed by atoms with E-state index >= 15 is 0 Å². The smallest absolute Gasteiger partial charge is 0.396 e. The first-order valence-corrected chi connectivity index (χ1v) is 8.22. The van der Waals surface area contributed by atoms with E-state index in [2.05, 4.69) is 10.2 Å². The first-order valence-electron chi connectivity index (χ1n) is 7.41. The second kappa shape index (κ2) is 9.74. The standard InChI is InChI=1S/C15H21F3N2OS.ClH/c16-15(17,18)22-13-5-3-12(4-6-13)14(2-1-11-21)20-9-7-19-8-10-20;/h3-6,14,19,21H,1-2,7-11H2;1H/t14-;/m1./s1. The van der Waals surface area contributed by atoms with Gasteiger partial charge in [0.2, 0.25) is 0 Å². The molecule has 1 saturated heterocycles. The number of nitrogens with one attached hydrogen (secondary N) is 1. The largest absolute Gasteiger partial charge is 0.446 e. The fraction of sp³-hybridized carbons (Fsp3) is 0.600. The molecule has 0 amide bonds. The summed E-state index contributed by atoms with van der Waals surface area (Å²) >= 11 is -0.0890. The Labute approximate surface area is 145 Å². The molecule has 1 aromatic rings. The lowest BCUT2D eigenvalue weighted by molar-refractivity contribution is -0.0328. The number of piperazine rings is 1. The molecule has 0 bridgehead atoms. The Morgan fingerprint density at radius 3 is 2.30 bits per heavy atom. The second-order valence-electron chi connectivity index (χ2n) is 5.28. The Hall–Kier alpha value is -0.470. The Balaban J connectivity index is 0.00000264. The van der Waals surface area contributed by atoms with Crippen LogP contribution in [0, 0.1) is 0 Å². The number of halogens is 4. The van der Waals surface area contributed by atoms with Gasteiger partial charge >= 0.3 is 5.51 Å². The molecule has 1 fully saturated rings. The first-order chi connectivity index (χ1) is 10.5. The number of benzene rings is 1. The van der Waals surface area contributed by atoms with Crippen LogP contribution in [-0.4, -0.2) is 48.3 Å². The summed E-state index contributed by atoms with van der Waals surface area (Å²) in [7, 11) is 0. The maximum Gasteiger partial charge on any atom is 0.446 e. The number of hydrogen-bond donors (Lipinski definition) is 2. The lowest BCUT2D eigenvalue weighted by atomic mass is 10.00. The molecule has 3 nitrogen and oxygen atoms in total. The summed E-state index contributed by atoms with van der Waals surface area (Å²) in [6, 6.07) is 6.76. The zero-order chi connectivity index (χ0) is 16.0. The minimum Gasteiger partial charge on any atom is -0.396 e. The third-order valence-corrected chi connectivity index (χ3v) is 4.47. The van der Waals surface area contributed by atoms with Gasteiger partial charge in [-0.25, -0.2) is 0 Å². The lowest BCUT2D eigenvalue weighted by Crippen LogP contribution is -2.45. The summed E-state index contributed by atoms with van der Waals surface area (Å²) in [6.07, 6.45) is 1.50. The van der Waals surface area contributed by atoms with Gasteiger partial charge in [0.15, 0.2) is 0 Å². The third-order valence-electron chi connectivity index (χ3n) is 3.73. The molecule has 1 atom stereocenters. The summed E-state index contributed by atoms with van der Waals surface area (Å²) in [5.74, 6) is 0. The maximum atomic E-state index is 12.4. The molecule has 0 radical (unpaired) electrons. The van der Waals surface area contributed by atoms with E-state index in [1.165, 1.54) is 12.1 Å². The summed E-state index contributed by atoms with van der Waals surface area (Å²) in [5.41, 5.74) is -3.24. The summed E-state index contributed by atoms with van der Waals surface area (Å²) < 4.78 is 37.1. The van der Waals surface area contributed by atoms with E-state index in [-0.39, 0.29) is 41.7 Å². The van der Waals surface area contributed by atoms with Gasteiger partial charge in [0, 0.05) is 43.7 Å². The second-order valence-corrected chi connectivity index (χ2v) is 6.42. The summed E-state index contributed by atoms with van der Waals surface area (Å²) in [4.78, 5) is 2.54. The van der Waals surface area contributed by atoms with Crippen molar-refractivity contribution in [2.75, 3.05) is 32.8 Å². The molecular weight excluding hydrogens is 349 g/mol. The highest BCUT2D eigenvalue weighted by atomic mass is 35.5. The van der Waals surface area contributed by atoms with E-state index in [4.69, 9.17) is 5.11 Å². The minimum atomic E-state index is -4.25. The molecule has 8 heteroatoms. The molecule has 0 saturated carbocycles. The zero-order valence-electron chi connectivity index (χ0n) is 12.7. The van der Waals surface area contributed by atoms with E-state index in [9.17, 15) is 13.2 Å². The molecule has 0 spiro atoms. The van der Waals surface area contributed by atoms with Gasteiger partial charge in [0.05, 0.1) is 0 Å². The maximum absolute atomic E-state index is 12.4. The number of hydrogen-bond acceptors (Lipinski definition) is 4. The average Bonchev–Trinajstić information content (AvgIpc) is 2.49. The normalized spacial score (nSPS) is 17.6. The molecule has 2 rings (SSSR count). The van der Waals surface area contributed by atoms with Gasteiger partial charge in [0.25, 0.3) is 0 Å². The van der Waals surface area contributed by atoms with Crippen molar-refractivity contribution in [3.05, 3.63) is 29.8 Å². The van der Waals surface area contributed by atoms with Gasteiger partial charge in [-0.15, -0.1) is 12.4 Å². The van der Waals surface area contributed by atoms with Crippen LogP contribution in [0.3, 0.4) is 0 Å². The average molecular weight is 371 g/mol. The van der Waals surface area contributed by atoms with Crippen LogP contribution in [0.15, 0.2) is 29.2 Å². The molecule has 0 aromatic heterocycles. The van der Waals surface area contributed by atoms with Crippen molar-refractivity contribution in [3.8, 4) is 0 Å². The predicted molar refractivity (Wildman–Crippen MR) is 89.1 cm³/mol. The topological polar surface area (TPSA) is 35.5 Å². The number of nitrogens with zero attached hydrogens (tertiary/aromatic N) is 1. The Bertz CT molecular complexity index is 453. The molecule has 1 aromatic carbocycles. The van der Waals surface area contributed by atoms with E-state index < -0.39 is 5.51 Å². The van der Waals surface area contributed by atoms with Crippen molar-refractivity contribution >= 4 is 24.2 Å². The van der Waals surface area contributed by atoms with Gasteiger partial charge in [-0.1, -0.05) is 12.1 Å². The fourth-order valence-electron chi connectivity index (χ4n) is 2.73. The van der Waals surface area contributed by atoms with Crippen LogP contribution >= 0.6 is 24.2 Å². The van der Waals surface area contributed by atoms with E-state index in [1.807, 2.05) is 0 Å². The number of rotatable bonds is 6. The minimum absolute atomic E-state index is 0. The van der Waals surface area contributed by atoms with Crippen molar-refractivity contribution in [2.45, 2.75) is 29.3 Å². The summed E-state index contributed by atoms with van der Waals surface area (Å²) in [6.45, 7) is 3.78. The number of aliphatic hydroxyl groups is 1. The highest BCUT2D eigenvalue weighted by Crippen LogP contribution is 2.37. The van der Waals surface area contributed by atoms with Gasteiger partial charge < -0.3 is 10.4 Å². The third kappa shape index (κ3) is 6.89. The lowest BCUT2D eigenvalue weighted by Gasteiger charge is -2.35. The molecule has 0 unspecified atom stereocenters. The van der Waals surface area contributed by atoms with Crippen molar-refractivity contribution in [1.29, 1.82) is 0 Å². The van der Waals surface area contributed by atoms with E-state index in [0.29, 0.717) is 6.42 Å². The highest BCUT2D eigenvalue weighted by Gasteiger charge is 2.29. The van der Waals surface area contributed by atoms with Gasteiger partial charge in [-0.2, -0.15) is 13.2 Å². The molecule has 2 N–H and O–H groups in total. The van der Waals surface area contributed by atoms with E-state index in [0.717, 1.165) is 38.2 Å². The molecule has 1 heterocycles. The quantitative estimate of drug-likeness (QED) is 0.752. The van der Waals surface area contributed by atoms with Gasteiger partial charge in [-0.05, 0) is 42.3 Å². The van der Waals surface area contributed by atoms with Crippen LogP contribution in [0.4, 0.5) is 13.2 Å². The first kappa shape index (κ1) is 20.6. The molecule has 23 heavy (non-hydrogen) atoms. The molecule has 0 aliphatic carbocycles. The van der Waals surface area contributed by atoms with Crippen LogP contribution in [0.2, 0.25) is 0 Å². The molecule has 1 aliphatic heterocycles. The molecule has 132 valence electrons. The van der Waals surface area contributed by atoms with Gasteiger partial charge in [0.1, 0.15) is 0 Å². The summed E-state index contributed by atoms with van der Waals surface area (Å²) in [5, 5.41) is 12.4. The number of thioether (sulfide) groups is 1. The van der Waals surface area contributed by atoms with Gasteiger partial charge in [-0.3, -0.25) is 4.90 Å². The zero-order valence-corrected chi connectivity index (χ0v) is 14.3. The van der Waals surface area contributed by atoms with Crippen molar-refractivity contribution in [3.63, 3.8) is 0 Å². The van der Waals surface area contributed by atoms with Crippen molar-refractivity contribution in [1.82, 2.24) is 10.2 Å². The highest BCUT2D eigenvalue weighted by molar-refractivity contribution is 8.00. The predicted octanol–water partition coefficient (Wildman–Crippen LogP) is 3.44. The molecule has 1 aliphatic rings. The van der Waals surface area contributed by atoms with Crippen LogP contribution in [0.5, 0.6) is 0 Å². The SMILES string of the molecule is Cl.OCCC[C@H](c1ccc(SC(F)(F)F)cc1)N1CCNCC1. The van der Waals surface area contributed by atoms with Crippen molar-refractivity contribution < 1.29 is 18.3 Å². The van der Waals surface area contributed by atoms with Crippen LogP contribution in [-0.2, 0) is 0 Å². The Morgan fingerprint density at radius 2 is 1.78 bits per heavy atom. The monoisotopic (exact) mass is 370 g/mol. The Kier molecular flexibility index (Phi) is 8.71. The van der Waals surface area contributed by atoms with E-state index in [1.54, 1.807) is 12.1 Å². The van der Waals surface area contributed by atoms with Crippen LogP contribution in [0.1, 0.15) is 24.4 Å². The molecular formula is C15H22ClF3N2OS. The number of aliphatic hydroxyl groups excluding tert-OH is 1. The Morgan fingerprint density at radius 1 is 1.17 bits per heavy atom. The van der Waals surface area contributed by atoms with Crippen molar-refractivity contribution in [2.24, 2.45) is 0 Å².